The Kier molecular flexibility index (Phi) is 4.84. The molecule has 0 bridgehead atoms. The fourth-order valence-corrected chi connectivity index (χ4v) is 3.01. The lowest BCUT2D eigenvalue weighted by atomic mass is 10.2. The van der Waals surface area contributed by atoms with Crippen molar-refractivity contribution < 1.29 is 4.92 Å². The minimum atomic E-state index is -0.538. The summed E-state index contributed by atoms with van der Waals surface area (Å²) in [6.45, 7) is 1.72. The minimum absolute atomic E-state index is 0.151. The third-order valence-electron chi connectivity index (χ3n) is 2.01. The highest BCUT2D eigenvalue weighted by Crippen LogP contribution is 2.42. The number of guanidine groups is 2. The zero-order chi connectivity index (χ0) is 14.7. The van der Waals surface area contributed by atoms with Crippen LogP contribution < -0.4 is 17.2 Å². The lowest BCUT2D eigenvalue weighted by Gasteiger charge is -2.06. The molecule has 0 aliphatic carbocycles. The maximum Gasteiger partial charge on any atom is 0.299 e. The van der Waals surface area contributed by atoms with Crippen molar-refractivity contribution in [2.75, 3.05) is 0 Å². The fraction of sp³-hybridized carbons (Fsp3) is 0.111. The number of nitro groups is 1. The third kappa shape index (κ3) is 3.64. The molecule has 6 N–H and O–H groups in total. The van der Waals surface area contributed by atoms with Gasteiger partial charge < -0.3 is 17.2 Å². The molecule has 0 saturated heterocycles. The Morgan fingerprint density at radius 3 is 2.42 bits per heavy atom. The van der Waals surface area contributed by atoms with Gasteiger partial charge in [0.05, 0.1) is 15.1 Å². The molecule has 1 rings (SSSR count). The molecule has 19 heavy (non-hydrogen) atoms. The van der Waals surface area contributed by atoms with Crippen molar-refractivity contribution in [2.24, 2.45) is 27.2 Å². The van der Waals surface area contributed by atoms with Crippen molar-refractivity contribution in [3.8, 4) is 0 Å². The first kappa shape index (κ1) is 15.4. The van der Waals surface area contributed by atoms with Crippen LogP contribution in [0.4, 0.5) is 11.4 Å². The fourth-order valence-electron chi connectivity index (χ4n) is 1.29. The smallest absolute Gasteiger partial charge is 0.299 e. The normalized spacial score (nSPS) is 11.2. The van der Waals surface area contributed by atoms with Crippen molar-refractivity contribution in [3.05, 3.63) is 30.7 Å². The number of nitrogens with zero attached hydrogens (tertiary/aromatic N) is 3. The Morgan fingerprint density at radius 1 is 1.37 bits per heavy atom. The number of hydrogen-bond acceptors (Lipinski definition) is 3. The summed E-state index contributed by atoms with van der Waals surface area (Å²) < 4.78 is 0.527. The van der Waals surface area contributed by atoms with Gasteiger partial charge in [-0.3, -0.25) is 10.1 Å². The summed E-state index contributed by atoms with van der Waals surface area (Å²) in [7, 11) is 0. The van der Waals surface area contributed by atoms with Gasteiger partial charge in [0, 0.05) is 0 Å². The lowest BCUT2D eigenvalue weighted by molar-refractivity contribution is -0.386. The Balaban J connectivity index is 3.49. The van der Waals surface area contributed by atoms with Crippen LogP contribution in [0, 0.1) is 17.0 Å². The van der Waals surface area contributed by atoms with Crippen LogP contribution in [0.15, 0.2) is 25.0 Å². The zero-order valence-corrected chi connectivity index (χ0v) is 12.9. The minimum Gasteiger partial charge on any atom is -0.370 e. The molecule has 1 aromatic carbocycles. The van der Waals surface area contributed by atoms with Gasteiger partial charge in [0.1, 0.15) is 4.47 Å². The van der Waals surface area contributed by atoms with Crippen molar-refractivity contribution in [1.29, 1.82) is 0 Å². The maximum absolute atomic E-state index is 11.0. The first-order valence-electron chi connectivity index (χ1n) is 4.80. The number of aryl methyl sites for hydroxylation is 1. The van der Waals surface area contributed by atoms with Crippen molar-refractivity contribution in [3.63, 3.8) is 0 Å². The van der Waals surface area contributed by atoms with E-state index in [1.807, 2.05) is 0 Å². The first-order chi connectivity index (χ1) is 8.73. The maximum atomic E-state index is 11.0. The van der Waals surface area contributed by atoms with E-state index in [1.165, 1.54) is 0 Å². The number of hydrogen-bond donors (Lipinski definition) is 3. The van der Waals surface area contributed by atoms with E-state index < -0.39 is 4.92 Å². The topological polar surface area (TPSA) is 146 Å². The number of benzene rings is 1. The lowest BCUT2D eigenvalue weighted by Crippen LogP contribution is -2.26. The van der Waals surface area contributed by atoms with Crippen molar-refractivity contribution in [2.45, 2.75) is 6.92 Å². The third-order valence-corrected chi connectivity index (χ3v) is 3.37. The molecule has 0 spiro atoms. The number of rotatable bonds is 2. The Bertz CT molecular complexity index is 595. The molecule has 10 heteroatoms. The molecule has 0 radical (unpaired) electrons. The van der Waals surface area contributed by atoms with Gasteiger partial charge in [-0.05, 0) is 50.4 Å². The molecule has 102 valence electrons. The van der Waals surface area contributed by atoms with Crippen LogP contribution in [0.2, 0.25) is 0 Å². The van der Waals surface area contributed by atoms with Gasteiger partial charge in [0.25, 0.3) is 5.69 Å². The van der Waals surface area contributed by atoms with Crippen LogP contribution in [0.1, 0.15) is 5.56 Å². The summed E-state index contributed by atoms with van der Waals surface area (Å²) in [5.74, 6) is -0.443. The van der Waals surface area contributed by atoms with Gasteiger partial charge in [-0.1, -0.05) is 0 Å². The molecule has 0 heterocycles. The van der Waals surface area contributed by atoms with E-state index in [2.05, 4.69) is 41.8 Å². The van der Waals surface area contributed by atoms with Gasteiger partial charge in [-0.25, -0.2) is 4.99 Å². The molecular formula is C9H10Br2N6O2. The molecule has 0 aliphatic rings. The second kappa shape index (κ2) is 5.97. The summed E-state index contributed by atoms with van der Waals surface area (Å²) in [6.07, 6.45) is 0. The highest BCUT2D eigenvalue weighted by molar-refractivity contribution is 9.11. The number of aliphatic imine (C=N–C) groups is 2. The van der Waals surface area contributed by atoms with Crippen LogP contribution in [-0.2, 0) is 0 Å². The summed E-state index contributed by atoms with van der Waals surface area (Å²) in [6, 6.07) is 1.56. The van der Waals surface area contributed by atoms with Crippen LogP contribution in [-0.4, -0.2) is 16.8 Å². The highest BCUT2D eigenvalue weighted by Gasteiger charge is 2.22. The largest absolute Gasteiger partial charge is 0.370 e. The Hall–Kier alpha value is -1.68. The summed E-state index contributed by atoms with van der Waals surface area (Å²) in [5.41, 5.74) is 16.6. The van der Waals surface area contributed by atoms with E-state index in [-0.39, 0.29) is 27.8 Å². The SMILES string of the molecule is Cc1cc(Br)c([N+](=O)[O-])c(Br)c1N=C(N)N=C(N)N. The standard InChI is InChI=1S/C9H10Br2N6O2/c1-3-2-4(10)7(17(18)19)5(11)6(3)15-9(14)16-8(12)13/h2H,1H3,(H6,12,13,14,15,16). The molecule has 0 unspecified atom stereocenters. The van der Waals surface area contributed by atoms with Crippen LogP contribution in [0.25, 0.3) is 0 Å². The van der Waals surface area contributed by atoms with Crippen LogP contribution in [0.3, 0.4) is 0 Å². The monoisotopic (exact) mass is 392 g/mol. The Morgan fingerprint density at radius 2 is 1.95 bits per heavy atom. The van der Waals surface area contributed by atoms with Gasteiger partial charge in [-0.15, -0.1) is 0 Å². The number of halogens is 2. The van der Waals surface area contributed by atoms with Crippen molar-refractivity contribution in [1.82, 2.24) is 0 Å². The van der Waals surface area contributed by atoms with Crippen LogP contribution in [0.5, 0.6) is 0 Å². The average molecular weight is 394 g/mol. The second-order valence-electron chi connectivity index (χ2n) is 3.45. The summed E-state index contributed by atoms with van der Waals surface area (Å²) >= 11 is 6.25. The van der Waals surface area contributed by atoms with Crippen LogP contribution >= 0.6 is 31.9 Å². The summed E-state index contributed by atoms with van der Waals surface area (Å²) in [5, 5.41) is 11.0. The van der Waals surface area contributed by atoms with Gasteiger partial charge in [0.15, 0.2) is 5.96 Å². The molecule has 0 saturated carbocycles. The van der Waals surface area contributed by atoms with Crippen molar-refractivity contribution >= 4 is 55.2 Å². The molecule has 0 aliphatic heterocycles. The van der Waals surface area contributed by atoms with E-state index in [0.717, 1.165) is 0 Å². The zero-order valence-electron chi connectivity index (χ0n) is 9.72. The second-order valence-corrected chi connectivity index (χ2v) is 5.10. The first-order valence-corrected chi connectivity index (χ1v) is 6.39. The molecule has 0 fully saturated rings. The van der Waals surface area contributed by atoms with E-state index in [1.54, 1.807) is 13.0 Å². The molecular weight excluding hydrogens is 384 g/mol. The van der Waals surface area contributed by atoms with E-state index in [0.29, 0.717) is 10.0 Å². The molecule has 0 aromatic heterocycles. The van der Waals surface area contributed by atoms with E-state index >= 15 is 0 Å². The summed E-state index contributed by atoms with van der Waals surface area (Å²) in [4.78, 5) is 17.9. The average Bonchev–Trinajstić information content (AvgIpc) is 2.22. The molecule has 1 aromatic rings. The molecule has 0 atom stereocenters. The quantitative estimate of drug-likeness (QED) is 0.302. The van der Waals surface area contributed by atoms with Gasteiger partial charge >= 0.3 is 0 Å². The Labute approximate surface area is 125 Å². The number of nitrogens with two attached hydrogens (primary N) is 3. The predicted molar refractivity (Wildman–Crippen MR) is 80.3 cm³/mol. The number of nitro benzene ring substituents is 1. The van der Waals surface area contributed by atoms with Gasteiger partial charge in [-0.2, -0.15) is 4.99 Å². The highest BCUT2D eigenvalue weighted by atomic mass is 79.9. The molecule has 8 nitrogen and oxygen atoms in total. The van der Waals surface area contributed by atoms with Gasteiger partial charge in [0.2, 0.25) is 5.96 Å². The molecule has 0 amide bonds. The van der Waals surface area contributed by atoms with E-state index in [9.17, 15) is 10.1 Å². The predicted octanol–water partition coefficient (Wildman–Crippen LogP) is 1.65. The van der Waals surface area contributed by atoms with E-state index in [4.69, 9.17) is 17.2 Å².